The second-order valence-electron chi connectivity index (χ2n) is 4.39. The summed E-state index contributed by atoms with van der Waals surface area (Å²) < 4.78 is 0. The van der Waals surface area contributed by atoms with Crippen molar-refractivity contribution >= 4 is 11.7 Å². The highest BCUT2D eigenvalue weighted by Crippen LogP contribution is 2.09. The third-order valence-corrected chi connectivity index (χ3v) is 3.09. The zero-order valence-electron chi connectivity index (χ0n) is 10.6. The lowest BCUT2D eigenvalue weighted by atomic mass is 10.1. The van der Waals surface area contributed by atoms with Crippen molar-refractivity contribution in [2.45, 2.75) is 25.3 Å². The van der Waals surface area contributed by atoms with E-state index in [1.807, 2.05) is 0 Å². The van der Waals surface area contributed by atoms with Gasteiger partial charge in [-0.15, -0.1) is 10.2 Å². The normalized spacial score (nSPS) is 18.6. The molecule has 1 aromatic heterocycles. The molecule has 0 unspecified atom stereocenters. The van der Waals surface area contributed by atoms with Gasteiger partial charge in [0, 0.05) is 19.6 Å². The lowest BCUT2D eigenvalue weighted by Crippen LogP contribution is -2.24. The number of anilines is 1. The molecule has 18 heavy (non-hydrogen) atoms. The van der Waals surface area contributed by atoms with Crippen LogP contribution >= 0.6 is 0 Å². The number of hydrogen-bond donors (Lipinski definition) is 3. The van der Waals surface area contributed by atoms with E-state index in [4.69, 9.17) is 0 Å². The number of rotatable bonds is 5. The van der Waals surface area contributed by atoms with Gasteiger partial charge in [-0.05, 0) is 37.9 Å². The predicted molar refractivity (Wildman–Crippen MR) is 69.6 cm³/mol. The van der Waals surface area contributed by atoms with E-state index in [-0.39, 0.29) is 5.91 Å². The maximum atomic E-state index is 11.3. The van der Waals surface area contributed by atoms with Crippen molar-refractivity contribution in [3.05, 3.63) is 17.8 Å². The number of hydrogen-bond acceptors (Lipinski definition) is 5. The summed E-state index contributed by atoms with van der Waals surface area (Å²) in [5, 5.41) is 17.0. The van der Waals surface area contributed by atoms with Crippen molar-refractivity contribution in [3.63, 3.8) is 0 Å². The van der Waals surface area contributed by atoms with Gasteiger partial charge in [0.2, 0.25) is 0 Å². The quantitative estimate of drug-likeness (QED) is 0.703. The molecule has 0 bridgehead atoms. The highest BCUT2D eigenvalue weighted by Gasteiger charge is 2.13. The van der Waals surface area contributed by atoms with Crippen molar-refractivity contribution in [3.8, 4) is 0 Å². The lowest BCUT2D eigenvalue weighted by Gasteiger charge is -2.10. The topological polar surface area (TPSA) is 78.9 Å². The minimum Gasteiger partial charge on any atom is -0.369 e. The molecule has 6 nitrogen and oxygen atoms in total. The fraction of sp³-hybridized carbons (Fsp3) is 0.583. The summed E-state index contributed by atoms with van der Waals surface area (Å²) in [5.41, 5.74) is 0.334. The molecule has 0 spiro atoms. The van der Waals surface area contributed by atoms with E-state index >= 15 is 0 Å². The molecule has 6 heteroatoms. The molecule has 0 aliphatic carbocycles. The summed E-state index contributed by atoms with van der Waals surface area (Å²) in [6, 6.07) is 4.07. The molecule has 0 saturated carbocycles. The van der Waals surface area contributed by atoms with Gasteiger partial charge in [-0.3, -0.25) is 4.79 Å². The average molecular weight is 249 g/mol. The smallest absolute Gasteiger partial charge is 0.271 e. The number of aromatic nitrogens is 2. The third kappa shape index (κ3) is 3.40. The summed E-state index contributed by atoms with van der Waals surface area (Å²) in [5.74, 6) is 0.491. The monoisotopic (exact) mass is 249 g/mol. The van der Waals surface area contributed by atoms with Crippen LogP contribution in [0.15, 0.2) is 12.1 Å². The molecular weight excluding hydrogens is 230 g/mol. The Morgan fingerprint density at radius 1 is 1.50 bits per heavy atom. The standard InChI is InChI=1S/C12H19N5O/c1-13-12(18)10-4-5-11(17-16-10)15-8-6-9-3-2-7-14-9/h4-5,9,14H,2-3,6-8H2,1H3,(H,13,18)(H,15,17)/t9-/m0/s1. The van der Waals surface area contributed by atoms with Crippen LogP contribution in [-0.2, 0) is 0 Å². The highest BCUT2D eigenvalue weighted by molar-refractivity contribution is 5.91. The Labute approximate surface area is 107 Å². The van der Waals surface area contributed by atoms with E-state index in [1.165, 1.54) is 12.8 Å². The van der Waals surface area contributed by atoms with E-state index in [2.05, 4.69) is 26.1 Å². The molecule has 2 rings (SSSR count). The van der Waals surface area contributed by atoms with Gasteiger partial charge in [0.15, 0.2) is 5.69 Å². The molecule has 1 fully saturated rings. The van der Waals surface area contributed by atoms with E-state index in [0.29, 0.717) is 17.6 Å². The van der Waals surface area contributed by atoms with Crippen molar-refractivity contribution in [2.24, 2.45) is 0 Å². The first-order valence-corrected chi connectivity index (χ1v) is 6.32. The van der Waals surface area contributed by atoms with Crippen LogP contribution in [-0.4, -0.2) is 42.3 Å². The van der Waals surface area contributed by atoms with Gasteiger partial charge in [-0.1, -0.05) is 0 Å². The molecule has 1 aromatic rings. The van der Waals surface area contributed by atoms with E-state index in [9.17, 15) is 4.79 Å². The maximum absolute atomic E-state index is 11.3. The molecule has 1 aliphatic heterocycles. The highest BCUT2D eigenvalue weighted by atomic mass is 16.1. The van der Waals surface area contributed by atoms with Gasteiger partial charge in [0.1, 0.15) is 5.82 Å². The van der Waals surface area contributed by atoms with Crippen molar-refractivity contribution in [1.29, 1.82) is 0 Å². The first-order chi connectivity index (χ1) is 8.79. The van der Waals surface area contributed by atoms with Gasteiger partial charge < -0.3 is 16.0 Å². The summed E-state index contributed by atoms with van der Waals surface area (Å²) >= 11 is 0. The molecule has 1 saturated heterocycles. The fourth-order valence-electron chi connectivity index (χ4n) is 2.05. The molecule has 0 aromatic carbocycles. The molecule has 1 aliphatic rings. The molecule has 2 heterocycles. The predicted octanol–water partition coefficient (Wildman–Crippen LogP) is 0.390. The van der Waals surface area contributed by atoms with E-state index in [1.54, 1.807) is 19.2 Å². The van der Waals surface area contributed by atoms with Crippen LogP contribution in [0.3, 0.4) is 0 Å². The van der Waals surface area contributed by atoms with Crippen LogP contribution in [0.2, 0.25) is 0 Å². The molecule has 0 radical (unpaired) electrons. The molecule has 1 atom stereocenters. The Hall–Kier alpha value is -1.69. The Morgan fingerprint density at radius 2 is 2.39 bits per heavy atom. The Kier molecular flexibility index (Phi) is 4.46. The summed E-state index contributed by atoms with van der Waals surface area (Å²) in [4.78, 5) is 11.3. The molecular formula is C12H19N5O. The van der Waals surface area contributed by atoms with Gasteiger partial charge in [-0.2, -0.15) is 0 Å². The summed E-state index contributed by atoms with van der Waals surface area (Å²) in [6.07, 6.45) is 3.60. The second-order valence-corrected chi connectivity index (χ2v) is 4.39. The Morgan fingerprint density at radius 3 is 3.00 bits per heavy atom. The van der Waals surface area contributed by atoms with Crippen LogP contribution in [0, 0.1) is 0 Å². The zero-order chi connectivity index (χ0) is 12.8. The fourth-order valence-corrected chi connectivity index (χ4v) is 2.05. The van der Waals surface area contributed by atoms with Gasteiger partial charge in [0.05, 0.1) is 0 Å². The van der Waals surface area contributed by atoms with E-state index < -0.39 is 0 Å². The zero-order valence-corrected chi connectivity index (χ0v) is 10.6. The van der Waals surface area contributed by atoms with E-state index in [0.717, 1.165) is 19.5 Å². The Bertz CT molecular complexity index is 386. The van der Waals surface area contributed by atoms with Crippen molar-refractivity contribution in [2.75, 3.05) is 25.5 Å². The number of amides is 1. The minimum absolute atomic E-state index is 0.218. The first kappa shape index (κ1) is 12.8. The van der Waals surface area contributed by atoms with Crippen LogP contribution in [0.25, 0.3) is 0 Å². The van der Waals surface area contributed by atoms with Gasteiger partial charge in [-0.25, -0.2) is 0 Å². The number of carbonyl (C=O) groups excluding carboxylic acids is 1. The summed E-state index contributed by atoms with van der Waals surface area (Å²) in [7, 11) is 1.57. The third-order valence-electron chi connectivity index (χ3n) is 3.09. The summed E-state index contributed by atoms with van der Waals surface area (Å²) in [6.45, 7) is 2.00. The lowest BCUT2D eigenvalue weighted by molar-refractivity contribution is 0.0957. The largest absolute Gasteiger partial charge is 0.369 e. The van der Waals surface area contributed by atoms with Crippen LogP contribution in [0.1, 0.15) is 29.8 Å². The van der Waals surface area contributed by atoms with Gasteiger partial charge >= 0.3 is 0 Å². The van der Waals surface area contributed by atoms with Crippen LogP contribution < -0.4 is 16.0 Å². The number of nitrogens with one attached hydrogen (secondary N) is 3. The molecule has 3 N–H and O–H groups in total. The molecule has 98 valence electrons. The first-order valence-electron chi connectivity index (χ1n) is 6.32. The Balaban J connectivity index is 1.77. The maximum Gasteiger partial charge on any atom is 0.271 e. The number of carbonyl (C=O) groups is 1. The van der Waals surface area contributed by atoms with Crippen LogP contribution in [0.4, 0.5) is 5.82 Å². The van der Waals surface area contributed by atoms with Gasteiger partial charge in [0.25, 0.3) is 5.91 Å². The minimum atomic E-state index is -0.218. The van der Waals surface area contributed by atoms with Crippen molar-refractivity contribution < 1.29 is 4.79 Å². The van der Waals surface area contributed by atoms with Crippen molar-refractivity contribution in [1.82, 2.24) is 20.8 Å². The number of nitrogens with zero attached hydrogens (tertiary/aromatic N) is 2. The van der Waals surface area contributed by atoms with Crippen LogP contribution in [0.5, 0.6) is 0 Å². The average Bonchev–Trinajstić information content (AvgIpc) is 2.92. The SMILES string of the molecule is CNC(=O)c1ccc(NCC[C@@H]2CCCN2)nn1. The second kappa shape index (κ2) is 6.30. The molecule has 1 amide bonds.